The maximum atomic E-state index is 13.6. The number of hydrogen-bond donors (Lipinski definition) is 11. The lowest BCUT2D eigenvalue weighted by molar-refractivity contribution is -0.142. The van der Waals surface area contributed by atoms with Crippen LogP contribution in [0.3, 0.4) is 0 Å². The number of nitrogens with zero attached hydrogens (tertiary/aromatic N) is 1. The highest BCUT2D eigenvalue weighted by molar-refractivity contribution is 5.96. The van der Waals surface area contributed by atoms with Gasteiger partial charge in [0, 0.05) is 26.4 Å². The molecule has 6 amide bonds. The molecule has 0 heterocycles. The van der Waals surface area contributed by atoms with Crippen LogP contribution in [0.1, 0.15) is 79.2 Å². The highest BCUT2D eigenvalue weighted by Crippen LogP contribution is 2.13. The lowest BCUT2D eigenvalue weighted by Crippen LogP contribution is -2.59. The summed E-state index contributed by atoms with van der Waals surface area (Å²) in [4.78, 5) is 93.9. The third kappa shape index (κ3) is 18.4. The van der Waals surface area contributed by atoms with Gasteiger partial charge in [-0.3, -0.25) is 33.8 Å². The Morgan fingerprint density at radius 1 is 0.691 bits per heavy atom. The van der Waals surface area contributed by atoms with Crippen molar-refractivity contribution in [3.8, 4) is 5.75 Å². The number of hydrogen-bond acceptors (Lipinski definition) is 10. The number of guanidine groups is 1. The zero-order valence-corrected chi connectivity index (χ0v) is 32.5. The van der Waals surface area contributed by atoms with Gasteiger partial charge >= 0.3 is 5.97 Å². The van der Waals surface area contributed by atoms with Crippen LogP contribution >= 0.6 is 0 Å². The molecule has 0 spiro atoms. The first kappa shape index (κ1) is 47.6. The van der Waals surface area contributed by atoms with Crippen LogP contribution in [0.25, 0.3) is 0 Å². The minimum absolute atomic E-state index is 0.00453. The van der Waals surface area contributed by atoms with E-state index in [9.17, 15) is 43.8 Å². The normalized spacial score (nSPS) is 14.3. The monoisotopic (exact) mass is 776 g/mol. The third-order valence-electron chi connectivity index (χ3n) is 8.52. The summed E-state index contributed by atoms with van der Waals surface area (Å²) in [7, 11) is 0. The number of carboxylic acid groups (broad SMARTS) is 1. The van der Waals surface area contributed by atoms with E-state index < -0.39 is 77.7 Å². The molecule has 6 atom stereocenters. The summed E-state index contributed by atoms with van der Waals surface area (Å²) in [6, 6.07) is -1.12. The molecule has 0 bridgehead atoms. The Kier molecular flexibility index (Phi) is 20.8. The molecule has 19 heteroatoms. The summed E-state index contributed by atoms with van der Waals surface area (Å²) in [5, 5.41) is 34.9. The molecular weight excluding hydrogens is 716 g/mol. The molecule has 0 aromatic heterocycles. The van der Waals surface area contributed by atoms with Crippen molar-refractivity contribution in [1.82, 2.24) is 31.9 Å². The minimum atomic E-state index is -1.34. The number of rotatable bonds is 24. The lowest BCUT2D eigenvalue weighted by atomic mass is 10.0. The van der Waals surface area contributed by atoms with Gasteiger partial charge in [-0.25, -0.2) is 4.79 Å². The Morgan fingerprint density at radius 3 is 1.76 bits per heavy atom. The molecule has 0 aliphatic carbocycles. The van der Waals surface area contributed by atoms with Gasteiger partial charge in [-0.05, 0) is 68.6 Å². The predicted octanol–water partition coefficient (Wildman–Crippen LogP) is -1.54. The molecule has 55 heavy (non-hydrogen) atoms. The fourth-order valence-corrected chi connectivity index (χ4v) is 5.14. The van der Waals surface area contributed by atoms with Crippen LogP contribution in [-0.2, 0) is 40.0 Å². The van der Waals surface area contributed by atoms with E-state index in [1.54, 1.807) is 27.7 Å². The van der Waals surface area contributed by atoms with E-state index in [0.717, 1.165) is 0 Å². The second-order valence-corrected chi connectivity index (χ2v) is 14.1. The van der Waals surface area contributed by atoms with Crippen molar-refractivity contribution in [2.24, 2.45) is 34.0 Å². The third-order valence-corrected chi connectivity index (χ3v) is 8.52. The minimum Gasteiger partial charge on any atom is -0.508 e. The average Bonchev–Trinajstić information content (AvgIpc) is 3.10. The zero-order chi connectivity index (χ0) is 41.8. The van der Waals surface area contributed by atoms with Crippen molar-refractivity contribution < 1.29 is 43.8 Å². The first-order chi connectivity index (χ1) is 25.7. The number of nitrogens with two attached hydrogens (primary N) is 3. The quantitative estimate of drug-likeness (QED) is 0.0324. The van der Waals surface area contributed by atoms with Gasteiger partial charge in [0.05, 0.1) is 6.04 Å². The van der Waals surface area contributed by atoms with Crippen LogP contribution in [0.4, 0.5) is 0 Å². The van der Waals surface area contributed by atoms with E-state index in [4.69, 9.17) is 17.2 Å². The molecule has 0 saturated heterocycles. The molecule has 1 rings (SSSR count). The van der Waals surface area contributed by atoms with Gasteiger partial charge in [0.2, 0.25) is 35.4 Å². The molecule has 0 aliphatic rings. The fourth-order valence-electron chi connectivity index (χ4n) is 5.14. The topological polar surface area (TPSA) is 323 Å². The summed E-state index contributed by atoms with van der Waals surface area (Å²) in [5.41, 5.74) is 17.4. The molecule has 14 N–H and O–H groups in total. The van der Waals surface area contributed by atoms with Crippen molar-refractivity contribution in [2.75, 3.05) is 13.1 Å². The first-order valence-corrected chi connectivity index (χ1v) is 18.3. The maximum Gasteiger partial charge on any atom is 0.326 e. The highest BCUT2D eigenvalue weighted by atomic mass is 16.4. The van der Waals surface area contributed by atoms with Gasteiger partial charge in [-0.2, -0.15) is 0 Å². The number of carbonyl (C=O) groups excluding carboxylic acids is 6. The number of unbranched alkanes of at least 4 members (excludes halogenated alkanes) is 1. The summed E-state index contributed by atoms with van der Waals surface area (Å²) in [5.74, 6) is -5.92. The first-order valence-electron chi connectivity index (χ1n) is 18.3. The van der Waals surface area contributed by atoms with Crippen LogP contribution in [0, 0.1) is 11.8 Å². The smallest absolute Gasteiger partial charge is 0.326 e. The van der Waals surface area contributed by atoms with Crippen LogP contribution < -0.4 is 49.1 Å². The SMILES string of the molecule is CC(=O)NCCCC[C@H](NC(=O)[C@H](CCCN=C(N)N)NC(=O)[C@@H](N)C(C)C)C(=O)N[C@@H](C)C(=O)N[C@H](C(=O)N[C@@H](Cc1ccc(O)cc1)C(=O)O)C(C)C. The summed E-state index contributed by atoms with van der Waals surface area (Å²) < 4.78 is 0. The van der Waals surface area contributed by atoms with Gasteiger partial charge < -0.3 is 59.3 Å². The summed E-state index contributed by atoms with van der Waals surface area (Å²) in [6.45, 7) is 10.0. The average molecular weight is 777 g/mol. The molecule has 1 aromatic rings. The zero-order valence-electron chi connectivity index (χ0n) is 32.5. The molecule has 0 unspecified atom stereocenters. The molecule has 1 aromatic carbocycles. The summed E-state index contributed by atoms with van der Waals surface area (Å²) in [6.07, 6.45) is 1.25. The van der Waals surface area contributed by atoms with Gasteiger partial charge in [0.1, 0.15) is 36.0 Å². The number of carbonyl (C=O) groups is 7. The van der Waals surface area contributed by atoms with E-state index in [0.29, 0.717) is 31.4 Å². The van der Waals surface area contributed by atoms with E-state index in [1.165, 1.54) is 38.1 Å². The van der Waals surface area contributed by atoms with Gasteiger partial charge in [-0.1, -0.05) is 39.8 Å². The number of phenols is 1. The fraction of sp³-hybridized carbons (Fsp3) is 0.611. The molecular formula is C36H60N10O9. The molecule has 308 valence electrons. The highest BCUT2D eigenvalue weighted by Gasteiger charge is 2.33. The number of nitrogens with one attached hydrogen (secondary N) is 6. The van der Waals surface area contributed by atoms with Crippen LogP contribution in [-0.4, -0.2) is 107 Å². The van der Waals surface area contributed by atoms with E-state index in [-0.39, 0.29) is 49.3 Å². The Bertz CT molecular complexity index is 1480. The van der Waals surface area contributed by atoms with E-state index >= 15 is 0 Å². The van der Waals surface area contributed by atoms with Crippen molar-refractivity contribution >= 4 is 47.4 Å². The standard InChI is InChI=1S/C36H60N10O9/c1-19(2)28(37)33(52)44-26(11-9-17-41-36(38)39)32(51)43-25(10-7-8-16-40-22(6)47)31(50)42-21(5)30(49)46-29(20(3)4)34(53)45-27(35(54)55)18-23-12-14-24(48)15-13-23/h12-15,19-21,25-29,48H,7-11,16-18,37H2,1-6H3,(H,40,47)(H,42,50)(H,43,51)(H,44,52)(H,45,53)(H,46,49)(H,54,55)(H4,38,39,41)/t21-,25-,26-,27-,28-,29-/m0/s1. The van der Waals surface area contributed by atoms with Crippen molar-refractivity contribution in [3.63, 3.8) is 0 Å². The number of aliphatic carboxylic acids is 1. The molecule has 19 nitrogen and oxygen atoms in total. The lowest BCUT2D eigenvalue weighted by Gasteiger charge is -2.27. The Morgan fingerprint density at radius 2 is 1.24 bits per heavy atom. The number of carboxylic acids is 1. The second kappa shape index (κ2) is 24.0. The van der Waals surface area contributed by atoms with Gasteiger partial charge in [-0.15, -0.1) is 0 Å². The Balaban J connectivity index is 3.14. The van der Waals surface area contributed by atoms with Crippen molar-refractivity contribution in [3.05, 3.63) is 29.8 Å². The molecule has 0 aliphatic heterocycles. The van der Waals surface area contributed by atoms with Crippen molar-refractivity contribution in [2.45, 2.75) is 116 Å². The van der Waals surface area contributed by atoms with Crippen LogP contribution in [0.2, 0.25) is 0 Å². The van der Waals surface area contributed by atoms with Crippen LogP contribution in [0.5, 0.6) is 5.75 Å². The number of aliphatic imine (C=N–C) groups is 1. The van der Waals surface area contributed by atoms with E-state index in [2.05, 4.69) is 36.9 Å². The van der Waals surface area contributed by atoms with Gasteiger partial charge in [0.25, 0.3) is 0 Å². The van der Waals surface area contributed by atoms with Gasteiger partial charge in [0.15, 0.2) is 5.96 Å². The molecule has 0 fully saturated rings. The molecule has 0 saturated carbocycles. The number of aromatic hydroxyl groups is 1. The summed E-state index contributed by atoms with van der Waals surface area (Å²) >= 11 is 0. The second-order valence-electron chi connectivity index (χ2n) is 14.1. The number of benzene rings is 1. The van der Waals surface area contributed by atoms with E-state index in [1.807, 2.05) is 0 Å². The largest absolute Gasteiger partial charge is 0.508 e. The van der Waals surface area contributed by atoms with Crippen molar-refractivity contribution in [1.29, 1.82) is 0 Å². The Labute approximate surface area is 321 Å². The Hall–Kier alpha value is -5.46. The molecule has 0 radical (unpaired) electrons. The van der Waals surface area contributed by atoms with Crippen LogP contribution in [0.15, 0.2) is 29.3 Å². The predicted molar refractivity (Wildman–Crippen MR) is 205 cm³/mol. The maximum absolute atomic E-state index is 13.6. The number of phenolic OH excluding ortho intramolecular Hbond substituents is 1. The number of amides is 6.